The maximum atomic E-state index is 10.2. The first kappa shape index (κ1) is 16.9. The summed E-state index contributed by atoms with van der Waals surface area (Å²) in [5, 5.41) is 0. The normalized spacial score (nSPS) is 11.9. The summed E-state index contributed by atoms with van der Waals surface area (Å²) in [7, 11) is -4.27. The quantitative estimate of drug-likeness (QED) is 0.433. The van der Waals surface area contributed by atoms with Crippen LogP contribution in [0.5, 0.6) is 0 Å². The van der Waals surface area contributed by atoms with Gasteiger partial charge in [0, 0.05) is 0 Å². The van der Waals surface area contributed by atoms with Gasteiger partial charge < -0.3 is 0 Å². The molecule has 0 spiro atoms. The van der Waals surface area contributed by atoms with Gasteiger partial charge in [-0.2, -0.15) is 8.42 Å². The fraction of sp³-hybridized carbons (Fsp3) is 0.917. The van der Waals surface area contributed by atoms with E-state index in [2.05, 4.69) is 11.1 Å². The number of hydrogen-bond donors (Lipinski definition) is 1. The largest absolute Gasteiger partial charge is 0.397 e. The Kier molecular flexibility index (Phi) is 10.9. The maximum absolute atomic E-state index is 10.2. The van der Waals surface area contributed by atoms with Gasteiger partial charge in [0.2, 0.25) is 0 Å². The van der Waals surface area contributed by atoms with E-state index in [1.807, 2.05) is 0 Å². The van der Waals surface area contributed by atoms with Crippen LogP contribution in [0, 0.1) is 6.42 Å². The third kappa shape index (κ3) is 15.9. The zero-order chi connectivity index (χ0) is 13.0. The van der Waals surface area contributed by atoms with Gasteiger partial charge in [0.1, 0.15) is 0 Å². The minimum Gasteiger partial charge on any atom is -0.264 e. The van der Waals surface area contributed by atoms with Crippen LogP contribution in [0.3, 0.4) is 0 Å². The van der Waals surface area contributed by atoms with Crippen molar-refractivity contribution in [2.75, 3.05) is 6.61 Å². The number of unbranched alkanes of at least 4 members (excludes halogenated alkanes) is 9. The average molecular weight is 265 g/mol. The smallest absolute Gasteiger partial charge is 0.264 e. The van der Waals surface area contributed by atoms with E-state index >= 15 is 0 Å². The van der Waals surface area contributed by atoms with Crippen molar-refractivity contribution in [2.24, 2.45) is 0 Å². The van der Waals surface area contributed by atoms with Gasteiger partial charge in [0.15, 0.2) is 0 Å². The molecule has 103 valence electrons. The Morgan fingerprint density at radius 3 is 2.06 bits per heavy atom. The molecule has 0 aromatic carbocycles. The van der Waals surface area contributed by atoms with Crippen molar-refractivity contribution in [1.29, 1.82) is 0 Å². The fourth-order valence-corrected chi connectivity index (χ4v) is 1.91. The Balaban J connectivity index is 3.04. The van der Waals surface area contributed by atoms with Gasteiger partial charge in [0.05, 0.1) is 6.61 Å². The predicted molar refractivity (Wildman–Crippen MR) is 69.0 cm³/mol. The molecule has 0 aliphatic rings. The Morgan fingerprint density at radius 1 is 1.00 bits per heavy atom. The summed E-state index contributed by atoms with van der Waals surface area (Å²) in [5.74, 6) is 0. The van der Waals surface area contributed by atoms with Gasteiger partial charge >= 0.3 is 10.4 Å². The van der Waals surface area contributed by atoms with Crippen LogP contribution in [0.25, 0.3) is 0 Å². The van der Waals surface area contributed by atoms with E-state index in [1.54, 1.807) is 6.42 Å². The van der Waals surface area contributed by atoms with E-state index in [9.17, 15) is 8.42 Å². The first-order valence-electron chi connectivity index (χ1n) is 6.49. The second-order valence-corrected chi connectivity index (χ2v) is 5.36. The molecule has 4 nitrogen and oxygen atoms in total. The van der Waals surface area contributed by atoms with E-state index < -0.39 is 10.4 Å². The molecule has 0 aliphatic carbocycles. The topological polar surface area (TPSA) is 63.6 Å². The van der Waals surface area contributed by atoms with Gasteiger partial charge in [-0.3, -0.25) is 4.55 Å². The molecule has 0 rings (SSSR count). The summed E-state index contributed by atoms with van der Waals surface area (Å²) < 4.78 is 32.9. The Bertz CT molecular complexity index is 249. The Labute approximate surface area is 106 Å². The molecular formula is C12H25O4S. The first-order valence-corrected chi connectivity index (χ1v) is 7.86. The Hall–Kier alpha value is -0.130. The summed E-state index contributed by atoms with van der Waals surface area (Å²) in [5.41, 5.74) is 0. The standard InChI is InChI=1S/C12H25O4S/c1-2-3-4-5-6-7-8-9-10-11-12-16-17(13,14)15/h11H,2-10,12H2,1H3,(H,13,14,15). The molecule has 0 saturated heterocycles. The minimum atomic E-state index is -4.27. The van der Waals surface area contributed by atoms with Crippen LogP contribution in [0.4, 0.5) is 0 Å². The second kappa shape index (κ2) is 11.0. The molecule has 0 aromatic rings. The molecule has 0 unspecified atom stereocenters. The van der Waals surface area contributed by atoms with Crippen molar-refractivity contribution in [2.45, 2.75) is 64.7 Å². The van der Waals surface area contributed by atoms with Gasteiger partial charge in [-0.1, -0.05) is 58.3 Å². The summed E-state index contributed by atoms with van der Waals surface area (Å²) in [6, 6.07) is 0. The summed E-state index contributed by atoms with van der Waals surface area (Å²) in [4.78, 5) is 0. The first-order chi connectivity index (χ1) is 8.06. The maximum Gasteiger partial charge on any atom is 0.397 e. The molecule has 0 aliphatic heterocycles. The Morgan fingerprint density at radius 2 is 1.53 bits per heavy atom. The number of hydrogen-bond acceptors (Lipinski definition) is 3. The highest BCUT2D eigenvalue weighted by molar-refractivity contribution is 7.80. The molecule has 0 bridgehead atoms. The summed E-state index contributed by atoms with van der Waals surface area (Å²) in [6.45, 7) is 2.18. The van der Waals surface area contributed by atoms with Gasteiger partial charge in [-0.25, -0.2) is 4.18 Å². The lowest BCUT2D eigenvalue weighted by Crippen LogP contribution is -2.05. The molecular weight excluding hydrogens is 240 g/mol. The van der Waals surface area contributed by atoms with E-state index in [1.165, 1.54) is 44.9 Å². The van der Waals surface area contributed by atoms with E-state index in [4.69, 9.17) is 4.55 Å². The highest BCUT2D eigenvalue weighted by Crippen LogP contribution is 2.10. The van der Waals surface area contributed by atoms with Crippen LogP contribution in [0.15, 0.2) is 0 Å². The summed E-state index contributed by atoms with van der Waals surface area (Å²) >= 11 is 0. The van der Waals surface area contributed by atoms with Crippen LogP contribution in [0.2, 0.25) is 0 Å². The fourth-order valence-electron chi connectivity index (χ4n) is 1.64. The van der Waals surface area contributed by atoms with E-state index in [0.717, 1.165) is 12.8 Å². The third-order valence-corrected chi connectivity index (χ3v) is 3.03. The van der Waals surface area contributed by atoms with Crippen molar-refractivity contribution in [3.63, 3.8) is 0 Å². The molecule has 0 atom stereocenters. The molecule has 1 radical (unpaired) electrons. The van der Waals surface area contributed by atoms with Crippen LogP contribution in [-0.2, 0) is 14.6 Å². The van der Waals surface area contributed by atoms with Gasteiger partial charge in [-0.15, -0.1) is 0 Å². The van der Waals surface area contributed by atoms with Crippen molar-refractivity contribution in [1.82, 2.24) is 0 Å². The van der Waals surface area contributed by atoms with Crippen LogP contribution in [0.1, 0.15) is 64.7 Å². The monoisotopic (exact) mass is 265 g/mol. The van der Waals surface area contributed by atoms with Crippen molar-refractivity contribution in [3.05, 3.63) is 6.42 Å². The van der Waals surface area contributed by atoms with Crippen LogP contribution < -0.4 is 0 Å². The zero-order valence-electron chi connectivity index (χ0n) is 10.7. The SMILES string of the molecule is CCCCCCCCCC[CH]COS(=O)(=O)O. The minimum absolute atomic E-state index is 0.0324. The molecule has 1 N–H and O–H groups in total. The highest BCUT2D eigenvalue weighted by Gasteiger charge is 2.02. The average Bonchev–Trinajstić information content (AvgIpc) is 2.24. The predicted octanol–water partition coefficient (Wildman–Crippen LogP) is 3.54. The second-order valence-electron chi connectivity index (χ2n) is 4.26. The number of rotatable bonds is 12. The van der Waals surface area contributed by atoms with Gasteiger partial charge in [-0.05, 0) is 12.8 Å². The summed E-state index contributed by atoms with van der Waals surface area (Å²) in [6.07, 6.45) is 12.6. The molecule has 0 saturated carbocycles. The van der Waals surface area contributed by atoms with Crippen molar-refractivity contribution < 1.29 is 17.2 Å². The molecule has 0 heterocycles. The van der Waals surface area contributed by atoms with E-state index in [0.29, 0.717) is 0 Å². The lowest BCUT2D eigenvalue weighted by molar-refractivity contribution is 0.285. The molecule has 0 aromatic heterocycles. The molecule has 17 heavy (non-hydrogen) atoms. The molecule has 5 heteroatoms. The molecule has 0 amide bonds. The highest BCUT2D eigenvalue weighted by atomic mass is 32.3. The van der Waals surface area contributed by atoms with Crippen molar-refractivity contribution >= 4 is 10.4 Å². The van der Waals surface area contributed by atoms with E-state index in [-0.39, 0.29) is 6.61 Å². The lowest BCUT2D eigenvalue weighted by atomic mass is 10.1. The zero-order valence-corrected chi connectivity index (χ0v) is 11.5. The van der Waals surface area contributed by atoms with Crippen LogP contribution in [-0.4, -0.2) is 19.6 Å². The third-order valence-electron chi connectivity index (χ3n) is 2.60. The lowest BCUT2D eigenvalue weighted by Gasteiger charge is -2.02. The van der Waals surface area contributed by atoms with Gasteiger partial charge in [0.25, 0.3) is 0 Å². The van der Waals surface area contributed by atoms with Crippen molar-refractivity contribution in [3.8, 4) is 0 Å². The molecule has 0 fully saturated rings. The van der Waals surface area contributed by atoms with Crippen LogP contribution >= 0.6 is 0 Å².